The molecule has 3 heterocycles. The first-order chi connectivity index (χ1) is 15.0. The van der Waals surface area contributed by atoms with Crippen LogP contribution in [0.25, 0.3) is 0 Å². The number of benzene rings is 2. The normalized spacial score (nSPS) is 22.4. The molecule has 2 N–H and O–H groups in total. The molecule has 160 valence electrons. The van der Waals surface area contributed by atoms with Crippen LogP contribution in [-0.2, 0) is 9.59 Å². The lowest BCUT2D eigenvalue weighted by molar-refractivity contribution is -0.121. The van der Waals surface area contributed by atoms with Crippen LogP contribution in [0, 0.1) is 0 Å². The zero-order valence-electron chi connectivity index (χ0n) is 17.3. The lowest BCUT2D eigenvalue weighted by Gasteiger charge is -2.46. The molecule has 31 heavy (non-hydrogen) atoms. The second-order valence-electron chi connectivity index (χ2n) is 8.60. The zero-order chi connectivity index (χ0) is 21.6. The van der Waals surface area contributed by atoms with Crippen molar-refractivity contribution in [3.8, 4) is 5.75 Å². The van der Waals surface area contributed by atoms with E-state index < -0.39 is 0 Å². The molecule has 0 aromatic heterocycles. The minimum absolute atomic E-state index is 0.0546. The Balaban J connectivity index is 1.25. The average molecular weight is 419 g/mol. The highest BCUT2D eigenvalue weighted by Crippen LogP contribution is 2.43. The first-order valence-electron chi connectivity index (χ1n) is 10.7. The number of nitrogens with two attached hydrogens (primary N) is 1. The fourth-order valence-corrected chi connectivity index (χ4v) is 4.89. The first-order valence-corrected chi connectivity index (χ1v) is 10.7. The van der Waals surface area contributed by atoms with Crippen molar-refractivity contribution in [3.63, 3.8) is 0 Å². The summed E-state index contributed by atoms with van der Waals surface area (Å²) in [4.78, 5) is 39.9. The van der Waals surface area contributed by atoms with Gasteiger partial charge in [0.05, 0.1) is 5.69 Å². The van der Waals surface area contributed by atoms with Gasteiger partial charge in [-0.15, -0.1) is 0 Å². The minimum Gasteiger partial charge on any atom is -0.487 e. The van der Waals surface area contributed by atoms with Crippen LogP contribution in [0.1, 0.15) is 54.1 Å². The maximum atomic E-state index is 13.0. The highest BCUT2D eigenvalue weighted by Gasteiger charge is 2.43. The number of piperidine rings is 1. The van der Waals surface area contributed by atoms with Crippen molar-refractivity contribution in [2.45, 2.75) is 43.7 Å². The van der Waals surface area contributed by atoms with E-state index in [-0.39, 0.29) is 42.2 Å². The van der Waals surface area contributed by atoms with Crippen molar-refractivity contribution in [2.24, 2.45) is 5.73 Å². The van der Waals surface area contributed by atoms with Gasteiger partial charge in [-0.3, -0.25) is 19.3 Å². The molecule has 0 aliphatic carbocycles. The fraction of sp³-hybridized carbons (Fsp3) is 0.375. The number of carbonyl (C=O) groups excluding carboxylic acids is 3. The SMILES string of the molecule is NC1CC2(CCN(C(=O)c3ccc(N4C(=O)CCC4=O)cc3)CC2)Oc2ccccc21. The number of rotatable bonds is 2. The average Bonchev–Trinajstić information content (AvgIpc) is 3.12. The summed E-state index contributed by atoms with van der Waals surface area (Å²) < 4.78 is 6.37. The summed E-state index contributed by atoms with van der Waals surface area (Å²) in [7, 11) is 0. The van der Waals surface area contributed by atoms with Gasteiger partial charge in [0.15, 0.2) is 0 Å². The molecule has 3 aliphatic heterocycles. The molecule has 0 radical (unpaired) electrons. The smallest absolute Gasteiger partial charge is 0.253 e. The Morgan fingerprint density at radius 1 is 0.968 bits per heavy atom. The van der Waals surface area contributed by atoms with Crippen molar-refractivity contribution in [2.75, 3.05) is 18.0 Å². The zero-order valence-corrected chi connectivity index (χ0v) is 17.3. The van der Waals surface area contributed by atoms with Gasteiger partial charge >= 0.3 is 0 Å². The van der Waals surface area contributed by atoms with Gasteiger partial charge < -0.3 is 15.4 Å². The van der Waals surface area contributed by atoms with Crippen molar-refractivity contribution in [1.29, 1.82) is 0 Å². The van der Waals surface area contributed by atoms with E-state index in [1.165, 1.54) is 4.90 Å². The molecule has 2 aromatic carbocycles. The standard InChI is InChI=1S/C24H25N3O4/c25-19-15-24(31-20-4-2-1-3-18(19)20)11-13-26(14-12-24)23(30)16-5-7-17(8-6-16)27-21(28)9-10-22(27)29/h1-8,19H,9-15,25H2. The number of carbonyl (C=O) groups is 3. The third kappa shape index (κ3) is 3.49. The Morgan fingerprint density at radius 2 is 1.61 bits per heavy atom. The van der Waals surface area contributed by atoms with E-state index >= 15 is 0 Å². The highest BCUT2D eigenvalue weighted by atomic mass is 16.5. The maximum Gasteiger partial charge on any atom is 0.253 e. The predicted molar refractivity (Wildman–Crippen MR) is 115 cm³/mol. The summed E-state index contributed by atoms with van der Waals surface area (Å²) in [6, 6.07) is 14.5. The van der Waals surface area contributed by atoms with Crippen LogP contribution < -0.4 is 15.4 Å². The lowest BCUT2D eigenvalue weighted by atomic mass is 9.81. The number of likely N-dealkylation sites (tertiary alicyclic amines) is 1. The van der Waals surface area contributed by atoms with Crippen molar-refractivity contribution in [3.05, 3.63) is 59.7 Å². The highest BCUT2D eigenvalue weighted by molar-refractivity contribution is 6.19. The summed E-state index contributed by atoms with van der Waals surface area (Å²) in [6.45, 7) is 1.19. The third-order valence-electron chi connectivity index (χ3n) is 6.62. The number of amides is 3. The van der Waals surface area contributed by atoms with Gasteiger partial charge in [-0.25, -0.2) is 0 Å². The summed E-state index contributed by atoms with van der Waals surface area (Å²) in [5, 5.41) is 0. The second kappa shape index (κ2) is 7.50. The molecule has 7 nitrogen and oxygen atoms in total. The molecule has 2 saturated heterocycles. The fourth-order valence-electron chi connectivity index (χ4n) is 4.89. The summed E-state index contributed by atoms with van der Waals surface area (Å²) in [6.07, 6.45) is 2.69. The number of anilines is 1. The maximum absolute atomic E-state index is 13.0. The molecule has 1 spiro atoms. The van der Waals surface area contributed by atoms with Gasteiger partial charge in [-0.1, -0.05) is 18.2 Å². The number of hydrogen-bond acceptors (Lipinski definition) is 5. The molecule has 3 amide bonds. The van der Waals surface area contributed by atoms with Crippen LogP contribution in [-0.4, -0.2) is 41.3 Å². The number of imide groups is 1. The Hall–Kier alpha value is -3.19. The molecule has 1 atom stereocenters. The van der Waals surface area contributed by atoms with E-state index in [4.69, 9.17) is 10.5 Å². The third-order valence-corrected chi connectivity index (χ3v) is 6.62. The van der Waals surface area contributed by atoms with Gasteiger partial charge in [0.2, 0.25) is 11.8 Å². The van der Waals surface area contributed by atoms with E-state index in [0.29, 0.717) is 24.3 Å². The molecule has 5 rings (SSSR count). The molecule has 2 aromatic rings. The van der Waals surface area contributed by atoms with E-state index in [0.717, 1.165) is 30.6 Å². The number of hydrogen-bond donors (Lipinski definition) is 1. The Kier molecular flexibility index (Phi) is 4.78. The first kappa shape index (κ1) is 19.8. The van der Waals surface area contributed by atoms with Crippen molar-refractivity contribution in [1.82, 2.24) is 4.90 Å². The molecule has 0 saturated carbocycles. The lowest BCUT2D eigenvalue weighted by Crippen LogP contribution is -2.52. The van der Waals surface area contributed by atoms with E-state index in [1.807, 2.05) is 29.2 Å². The minimum atomic E-state index is -0.328. The summed E-state index contributed by atoms with van der Waals surface area (Å²) >= 11 is 0. The quantitative estimate of drug-likeness (QED) is 0.756. The molecule has 3 aliphatic rings. The number of para-hydroxylation sites is 1. The van der Waals surface area contributed by atoms with E-state index in [2.05, 4.69) is 0 Å². The van der Waals surface area contributed by atoms with Crippen LogP contribution in [0.2, 0.25) is 0 Å². The molecule has 7 heteroatoms. The van der Waals surface area contributed by atoms with Crippen LogP contribution >= 0.6 is 0 Å². The second-order valence-corrected chi connectivity index (χ2v) is 8.60. The summed E-state index contributed by atoms with van der Waals surface area (Å²) in [5.74, 6) is 0.402. The van der Waals surface area contributed by atoms with Crippen LogP contribution in [0.3, 0.4) is 0 Å². The van der Waals surface area contributed by atoms with Crippen LogP contribution in [0.5, 0.6) is 5.75 Å². The number of ether oxygens (including phenoxy) is 1. The van der Waals surface area contributed by atoms with E-state index in [9.17, 15) is 14.4 Å². The Bertz CT molecular complexity index is 1030. The Morgan fingerprint density at radius 3 is 2.29 bits per heavy atom. The van der Waals surface area contributed by atoms with Gasteiger partial charge in [-0.2, -0.15) is 0 Å². The van der Waals surface area contributed by atoms with Crippen molar-refractivity contribution < 1.29 is 19.1 Å². The van der Waals surface area contributed by atoms with Gasteiger partial charge in [-0.05, 0) is 30.3 Å². The van der Waals surface area contributed by atoms with Crippen LogP contribution in [0.15, 0.2) is 48.5 Å². The van der Waals surface area contributed by atoms with Gasteiger partial charge in [0.1, 0.15) is 11.4 Å². The predicted octanol–water partition coefficient (Wildman–Crippen LogP) is 2.80. The molecule has 0 bridgehead atoms. The number of nitrogens with zero attached hydrogens (tertiary/aromatic N) is 2. The topological polar surface area (TPSA) is 92.9 Å². The molecule has 1 unspecified atom stereocenters. The molecular weight excluding hydrogens is 394 g/mol. The van der Waals surface area contributed by atoms with Gasteiger partial charge in [0.25, 0.3) is 5.91 Å². The van der Waals surface area contributed by atoms with Crippen molar-refractivity contribution >= 4 is 23.4 Å². The monoisotopic (exact) mass is 419 g/mol. The molecule has 2 fully saturated rings. The Labute approximate surface area is 180 Å². The largest absolute Gasteiger partial charge is 0.487 e. The van der Waals surface area contributed by atoms with Gasteiger partial charge in [0, 0.05) is 62.4 Å². The van der Waals surface area contributed by atoms with E-state index in [1.54, 1.807) is 24.3 Å². The summed E-state index contributed by atoms with van der Waals surface area (Å²) in [5.41, 5.74) is 8.19. The molecular formula is C24H25N3O4. The van der Waals surface area contributed by atoms with Crippen LogP contribution in [0.4, 0.5) is 5.69 Å². The number of fused-ring (bicyclic) bond motifs is 1.